The number of hydrogen-bond donors (Lipinski definition) is 2. The van der Waals surface area contributed by atoms with E-state index in [9.17, 15) is 0 Å². The lowest BCUT2D eigenvalue weighted by Gasteiger charge is -2.20. The Morgan fingerprint density at radius 2 is 2.19 bits per heavy atom. The molecular formula is C13H17N3. The monoisotopic (exact) mass is 215 g/mol. The van der Waals surface area contributed by atoms with Crippen LogP contribution in [0.5, 0.6) is 0 Å². The smallest absolute Gasteiger partial charge is 0.0923 e. The minimum atomic E-state index is 0.233. The van der Waals surface area contributed by atoms with E-state index in [0.717, 1.165) is 11.2 Å². The minimum absolute atomic E-state index is 0.233. The van der Waals surface area contributed by atoms with Gasteiger partial charge in [-0.2, -0.15) is 5.10 Å². The quantitative estimate of drug-likeness (QED) is 0.807. The number of benzene rings is 1. The summed E-state index contributed by atoms with van der Waals surface area (Å²) in [5.74, 6) is 0. The van der Waals surface area contributed by atoms with E-state index in [2.05, 4.69) is 42.2 Å². The second-order valence-electron chi connectivity index (χ2n) is 5.03. The zero-order chi connectivity index (χ0) is 11.3. The van der Waals surface area contributed by atoms with Crippen molar-refractivity contribution in [1.29, 1.82) is 0 Å². The lowest BCUT2D eigenvalue weighted by Crippen LogP contribution is -2.31. The van der Waals surface area contributed by atoms with Crippen LogP contribution in [0, 0.1) is 6.92 Å². The van der Waals surface area contributed by atoms with E-state index in [1.165, 1.54) is 23.8 Å². The molecule has 1 saturated carbocycles. The number of aromatic amines is 1. The first kappa shape index (κ1) is 9.85. The lowest BCUT2D eigenvalue weighted by atomic mass is 9.89. The summed E-state index contributed by atoms with van der Waals surface area (Å²) in [6, 6.07) is 6.76. The Balaban J connectivity index is 2.15. The van der Waals surface area contributed by atoms with E-state index >= 15 is 0 Å². The van der Waals surface area contributed by atoms with Crippen molar-refractivity contribution >= 4 is 10.9 Å². The maximum atomic E-state index is 6.10. The molecule has 1 heterocycles. The highest BCUT2D eigenvalue weighted by atomic mass is 15.1. The fourth-order valence-corrected chi connectivity index (χ4v) is 2.59. The highest BCUT2D eigenvalue weighted by molar-refractivity contribution is 5.82. The topological polar surface area (TPSA) is 54.7 Å². The Labute approximate surface area is 95.0 Å². The normalized spacial score (nSPS) is 19.9. The molecule has 1 aliphatic carbocycles. The summed E-state index contributed by atoms with van der Waals surface area (Å²) in [5.41, 5.74) is 9.89. The molecule has 1 fully saturated rings. The van der Waals surface area contributed by atoms with E-state index in [1.54, 1.807) is 0 Å². The fourth-order valence-electron chi connectivity index (χ4n) is 2.59. The van der Waals surface area contributed by atoms with Crippen LogP contribution >= 0.6 is 0 Å². The Hall–Kier alpha value is -1.35. The van der Waals surface area contributed by atoms with E-state index in [1.807, 2.05) is 0 Å². The molecule has 3 nitrogen and oxygen atoms in total. The first-order chi connectivity index (χ1) is 7.63. The molecule has 0 bridgehead atoms. The third kappa shape index (κ3) is 1.21. The van der Waals surface area contributed by atoms with Crippen LogP contribution in [-0.2, 0) is 5.41 Å². The van der Waals surface area contributed by atoms with Gasteiger partial charge in [-0.3, -0.25) is 5.10 Å². The van der Waals surface area contributed by atoms with E-state index in [4.69, 9.17) is 5.73 Å². The summed E-state index contributed by atoms with van der Waals surface area (Å²) >= 11 is 0. The second kappa shape index (κ2) is 3.08. The summed E-state index contributed by atoms with van der Waals surface area (Å²) in [5, 5.41) is 8.50. The van der Waals surface area contributed by atoms with Crippen molar-refractivity contribution in [2.24, 2.45) is 5.73 Å². The van der Waals surface area contributed by atoms with Crippen molar-refractivity contribution < 1.29 is 0 Å². The number of nitrogens with two attached hydrogens (primary N) is 1. The van der Waals surface area contributed by atoms with E-state index in [0.29, 0.717) is 0 Å². The van der Waals surface area contributed by atoms with Gasteiger partial charge >= 0.3 is 0 Å². The number of nitrogens with one attached hydrogen (secondary N) is 1. The molecule has 1 aromatic heterocycles. The highest BCUT2D eigenvalue weighted by Crippen LogP contribution is 2.50. The Bertz CT molecular complexity index is 535. The molecule has 16 heavy (non-hydrogen) atoms. The van der Waals surface area contributed by atoms with Gasteiger partial charge in [0.2, 0.25) is 0 Å². The molecule has 0 aliphatic heterocycles. The van der Waals surface area contributed by atoms with Gasteiger partial charge in [0.05, 0.1) is 5.52 Å². The van der Waals surface area contributed by atoms with Gasteiger partial charge in [-0.15, -0.1) is 0 Å². The minimum Gasteiger partial charge on any atom is -0.327 e. The molecular weight excluding hydrogens is 198 g/mol. The third-order valence-corrected chi connectivity index (χ3v) is 3.98. The maximum Gasteiger partial charge on any atom is 0.0923 e. The van der Waals surface area contributed by atoms with Crippen molar-refractivity contribution in [3.05, 3.63) is 29.5 Å². The molecule has 0 radical (unpaired) electrons. The van der Waals surface area contributed by atoms with Crippen LogP contribution in [0.3, 0.4) is 0 Å². The lowest BCUT2D eigenvalue weighted by molar-refractivity contribution is 0.557. The molecule has 3 N–H and O–H groups in total. The summed E-state index contributed by atoms with van der Waals surface area (Å²) < 4.78 is 0. The number of hydrogen-bond acceptors (Lipinski definition) is 2. The van der Waals surface area contributed by atoms with Gasteiger partial charge in [-0.05, 0) is 44.4 Å². The summed E-state index contributed by atoms with van der Waals surface area (Å²) in [4.78, 5) is 0. The first-order valence-electron chi connectivity index (χ1n) is 5.84. The van der Waals surface area contributed by atoms with E-state index < -0.39 is 0 Å². The fraction of sp³-hybridized carbons (Fsp3) is 0.462. The van der Waals surface area contributed by atoms with Crippen molar-refractivity contribution in [2.75, 3.05) is 0 Å². The Morgan fingerprint density at radius 3 is 2.81 bits per heavy atom. The van der Waals surface area contributed by atoms with Crippen molar-refractivity contribution in [3.8, 4) is 0 Å². The standard InChI is InChI=1S/C13H17N3/c1-8-11-7-10(3-4-12(11)16-15-8)13(5-6-13)9(2)14/h3-4,7,9H,5-6,14H2,1-2H3,(H,15,16). The van der Waals surface area contributed by atoms with Gasteiger partial charge < -0.3 is 5.73 Å². The summed E-state index contributed by atoms with van der Waals surface area (Å²) in [6.07, 6.45) is 2.43. The second-order valence-corrected chi connectivity index (χ2v) is 5.03. The number of aromatic nitrogens is 2. The number of fused-ring (bicyclic) bond motifs is 1. The van der Waals surface area contributed by atoms with Crippen LogP contribution in [0.2, 0.25) is 0 Å². The predicted octanol–water partition coefficient (Wildman–Crippen LogP) is 2.25. The number of rotatable bonds is 2. The van der Waals surface area contributed by atoms with Gasteiger partial charge in [0.15, 0.2) is 0 Å². The van der Waals surface area contributed by atoms with Crippen molar-refractivity contribution in [3.63, 3.8) is 0 Å². The molecule has 1 aliphatic rings. The molecule has 1 aromatic carbocycles. The summed E-state index contributed by atoms with van der Waals surface area (Å²) in [6.45, 7) is 4.17. The van der Waals surface area contributed by atoms with Gasteiger partial charge in [-0.25, -0.2) is 0 Å². The molecule has 0 amide bonds. The molecule has 3 rings (SSSR count). The molecule has 0 spiro atoms. The largest absolute Gasteiger partial charge is 0.327 e. The Morgan fingerprint density at radius 1 is 1.44 bits per heavy atom. The summed E-state index contributed by atoms with van der Waals surface area (Å²) in [7, 11) is 0. The number of nitrogens with zero attached hydrogens (tertiary/aromatic N) is 1. The number of aryl methyl sites for hydroxylation is 1. The van der Waals surface area contributed by atoms with Crippen molar-refractivity contribution in [2.45, 2.75) is 38.1 Å². The molecule has 0 saturated heterocycles. The predicted molar refractivity (Wildman–Crippen MR) is 65.4 cm³/mol. The molecule has 3 heteroatoms. The van der Waals surface area contributed by atoms with Crippen LogP contribution in [0.25, 0.3) is 10.9 Å². The highest BCUT2D eigenvalue weighted by Gasteiger charge is 2.47. The third-order valence-electron chi connectivity index (χ3n) is 3.98. The van der Waals surface area contributed by atoms with Crippen LogP contribution < -0.4 is 5.73 Å². The van der Waals surface area contributed by atoms with Crippen LogP contribution in [0.4, 0.5) is 0 Å². The van der Waals surface area contributed by atoms with Crippen LogP contribution in [-0.4, -0.2) is 16.2 Å². The van der Waals surface area contributed by atoms with Gasteiger partial charge in [0, 0.05) is 22.5 Å². The van der Waals surface area contributed by atoms with Gasteiger partial charge in [0.25, 0.3) is 0 Å². The van der Waals surface area contributed by atoms with Gasteiger partial charge in [-0.1, -0.05) is 6.07 Å². The molecule has 1 unspecified atom stereocenters. The van der Waals surface area contributed by atoms with Crippen LogP contribution in [0.15, 0.2) is 18.2 Å². The SMILES string of the molecule is Cc1[nH]nc2ccc(C3(C(C)N)CC3)cc12. The average molecular weight is 215 g/mol. The first-order valence-corrected chi connectivity index (χ1v) is 5.84. The molecule has 1 atom stereocenters. The number of H-pyrrole nitrogens is 1. The van der Waals surface area contributed by atoms with Crippen LogP contribution in [0.1, 0.15) is 31.0 Å². The van der Waals surface area contributed by atoms with E-state index in [-0.39, 0.29) is 11.5 Å². The van der Waals surface area contributed by atoms with Gasteiger partial charge in [0.1, 0.15) is 0 Å². The molecule has 2 aromatic rings. The Kier molecular flexibility index (Phi) is 1.89. The maximum absolute atomic E-state index is 6.10. The zero-order valence-electron chi connectivity index (χ0n) is 9.75. The zero-order valence-corrected chi connectivity index (χ0v) is 9.75. The van der Waals surface area contributed by atoms with Crippen molar-refractivity contribution in [1.82, 2.24) is 10.2 Å². The average Bonchev–Trinajstić information content (AvgIpc) is 3.01. The molecule has 84 valence electrons.